The molecule has 1 atom stereocenters. The molecule has 63 valence electrons. The lowest BCUT2D eigenvalue weighted by molar-refractivity contribution is 0.439. The van der Waals surface area contributed by atoms with Crippen molar-refractivity contribution >= 4 is 0 Å². The number of allylic oxidation sites excluding steroid dienone is 2. The van der Waals surface area contributed by atoms with E-state index >= 15 is 0 Å². The largest absolute Gasteiger partial charge is 0.0885 e. The SMILES string of the molecule is [CH2]CCCC1CC=CCCC1. The van der Waals surface area contributed by atoms with Gasteiger partial charge in [-0.25, -0.2) is 0 Å². The standard InChI is InChI=1S/C11H19/c1-2-3-8-11-9-6-4-5-7-10-11/h4,6,11H,1-3,5,7-10H2. The highest BCUT2D eigenvalue weighted by Crippen LogP contribution is 2.22. The van der Waals surface area contributed by atoms with Crippen molar-refractivity contribution in [2.24, 2.45) is 5.92 Å². The average molecular weight is 151 g/mol. The molecule has 0 heteroatoms. The predicted molar refractivity (Wildman–Crippen MR) is 50.3 cm³/mol. The van der Waals surface area contributed by atoms with Gasteiger partial charge in [0.15, 0.2) is 0 Å². The monoisotopic (exact) mass is 151 g/mol. The van der Waals surface area contributed by atoms with Crippen LogP contribution in [0, 0.1) is 12.8 Å². The minimum absolute atomic E-state index is 0.968. The molecule has 0 amide bonds. The van der Waals surface area contributed by atoms with Gasteiger partial charge in [-0.1, -0.05) is 38.3 Å². The molecular formula is C11H19. The van der Waals surface area contributed by atoms with Crippen molar-refractivity contribution in [2.75, 3.05) is 0 Å². The van der Waals surface area contributed by atoms with Gasteiger partial charge in [0.05, 0.1) is 0 Å². The first-order chi connectivity index (χ1) is 5.43. The zero-order valence-electron chi connectivity index (χ0n) is 7.39. The van der Waals surface area contributed by atoms with E-state index in [4.69, 9.17) is 0 Å². The van der Waals surface area contributed by atoms with E-state index in [0.29, 0.717) is 0 Å². The molecule has 11 heavy (non-hydrogen) atoms. The Hall–Kier alpha value is -0.260. The third-order valence-electron chi connectivity index (χ3n) is 2.48. The molecule has 0 saturated heterocycles. The highest BCUT2D eigenvalue weighted by molar-refractivity contribution is 4.87. The summed E-state index contributed by atoms with van der Waals surface area (Å²) in [4.78, 5) is 0. The van der Waals surface area contributed by atoms with Crippen molar-refractivity contribution in [3.05, 3.63) is 19.1 Å². The zero-order valence-corrected chi connectivity index (χ0v) is 7.39. The summed E-state index contributed by atoms with van der Waals surface area (Å²) in [7, 11) is 0. The second-order valence-electron chi connectivity index (χ2n) is 3.50. The first-order valence-corrected chi connectivity index (χ1v) is 4.87. The molecule has 1 unspecified atom stereocenters. The van der Waals surface area contributed by atoms with E-state index in [2.05, 4.69) is 19.1 Å². The summed E-state index contributed by atoms with van der Waals surface area (Å²) in [5.41, 5.74) is 0. The van der Waals surface area contributed by atoms with Crippen LogP contribution in [0.5, 0.6) is 0 Å². The summed E-state index contributed by atoms with van der Waals surface area (Å²) in [6, 6.07) is 0. The molecule has 0 heterocycles. The molecule has 0 aromatic heterocycles. The van der Waals surface area contributed by atoms with Crippen LogP contribution in [0.1, 0.15) is 44.9 Å². The Kier molecular flexibility index (Phi) is 4.33. The van der Waals surface area contributed by atoms with Crippen molar-refractivity contribution in [3.63, 3.8) is 0 Å². The second kappa shape index (κ2) is 5.40. The Morgan fingerprint density at radius 1 is 1.36 bits per heavy atom. The fourth-order valence-corrected chi connectivity index (χ4v) is 1.74. The van der Waals surface area contributed by atoms with Crippen LogP contribution in [0.15, 0.2) is 12.2 Å². The van der Waals surface area contributed by atoms with Crippen LogP contribution in [0.3, 0.4) is 0 Å². The number of unbranched alkanes of at least 4 members (excludes halogenated alkanes) is 1. The van der Waals surface area contributed by atoms with Crippen molar-refractivity contribution in [1.29, 1.82) is 0 Å². The minimum Gasteiger partial charge on any atom is -0.0885 e. The topological polar surface area (TPSA) is 0 Å². The molecule has 0 aromatic rings. The van der Waals surface area contributed by atoms with Gasteiger partial charge in [0.25, 0.3) is 0 Å². The maximum atomic E-state index is 3.88. The smallest absolute Gasteiger partial charge is 0.0322 e. The molecule has 0 aromatic carbocycles. The lowest BCUT2D eigenvalue weighted by Crippen LogP contribution is -1.97. The Balaban J connectivity index is 2.16. The van der Waals surface area contributed by atoms with Crippen LogP contribution in [-0.2, 0) is 0 Å². The van der Waals surface area contributed by atoms with Crippen LogP contribution in [0.4, 0.5) is 0 Å². The highest BCUT2D eigenvalue weighted by atomic mass is 14.1. The average Bonchev–Trinajstić information content (AvgIpc) is 2.28. The first kappa shape index (κ1) is 8.83. The Morgan fingerprint density at radius 3 is 3.09 bits per heavy atom. The summed E-state index contributed by atoms with van der Waals surface area (Å²) in [5.74, 6) is 0.968. The quantitative estimate of drug-likeness (QED) is 0.539. The fraction of sp³-hybridized carbons (Fsp3) is 0.727. The fourth-order valence-electron chi connectivity index (χ4n) is 1.74. The van der Waals surface area contributed by atoms with E-state index in [0.717, 1.165) is 12.3 Å². The lowest BCUT2D eigenvalue weighted by atomic mass is 9.95. The Morgan fingerprint density at radius 2 is 2.27 bits per heavy atom. The molecule has 1 rings (SSSR count). The van der Waals surface area contributed by atoms with Crippen molar-refractivity contribution < 1.29 is 0 Å². The summed E-state index contributed by atoms with van der Waals surface area (Å²) >= 11 is 0. The van der Waals surface area contributed by atoms with E-state index in [-0.39, 0.29) is 0 Å². The van der Waals surface area contributed by atoms with E-state index in [1.807, 2.05) is 0 Å². The van der Waals surface area contributed by atoms with Crippen molar-refractivity contribution in [3.8, 4) is 0 Å². The van der Waals surface area contributed by atoms with Crippen LogP contribution in [0.25, 0.3) is 0 Å². The van der Waals surface area contributed by atoms with E-state index in [9.17, 15) is 0 Å². The molecule has 0 fully saturated rings. The molecule has 1 aliphatic carbocycles. The van der Waals surface area contributed by atoms with Gasteiger partial charge >= 0.3 is 0 Å². The highest BCUT2D eigenvalue weighted by Gasteiger charge is 2.07. The normalized spacial score (nSPS) is 25.0. The summed E-state index contributed by atoms with van der Waals surface area (Å²) in [6.07, 6.45) is 14.0. The maximum absolute atomic E-state index is 3.88. The van der Waals surface area contributed by atoms with E-state index in [1.54, 1.807) is 0 Å². The predicted octanol–water partition coefficient (Wildman–Crippen LogP) is 3.74. The summed E-state index contributed by atoms with van der Waals surface area (Å²) in [6.45, 7) is 3.88. The summed E-state index contributed by atoms with van der Waals surface area (Å²) in [5, 5.41) is 0. The Labute approximate surface area is 70.7 Å². The van der Waals surface area contributed by atoms with Gasteiger partial charge in [-0.05, 0) is 31.6 Å². The van der Waals surface area contributed by atoms with Gasteiger partial charge in [0, 0.05) is 0 Å². The number of rotatable bonds is 3. The third kappa shape index (κ3) is 3.60. The van der Waals surface area contributed by atoms with Crippen LogP contribution >= 0.6 is 0 Å². The minimum atomic E-state index is 0.968. The third-order valence-corrected chi connectivity index (χ3v) is 2.48. The molecule has 0 bridgehead atoms. The molecule has 0 N–H and O–H groups in total. The first-order valence-electron chi connectivity index (χ1n) is 4.87. The Bertz CT molecular complexity index is 113. The van der Waals surface area contributed by atoms with Gasteiger partial charge < -0.3 is 0 Å². The molecule has 1 aliphatic rings. The molecule has 0 nitrogen and oxygen atoms in total. The number of hydrogen-bond donors (Lipinski definition) is 0. The second-order valence-corrected chi connectivity index (χ2v) is 3.50. The van der Waals surface area contributed by atoms with Crippen LogP contribution < -0.4 is 0 Å². The molecule has 0 aliphatic heterocycles. The molecular weight excluding hydrogens is 132 g/mol. The molecule has 1 radical (unpaired) electrons. The maximum Gasteiger partial charge on any atom is -0.0322 e. The van der Waals surface area contributed by atoms with Crippen molar-refractivity contribution in [2.45, 2.75) is 44.9 Å². The lowest BCUT2D eigenvalue weighted by Gasteiger charge is -2.11. The van der Waals surface area contributed by atoms with Crippen molar-refractivity contribution in [1.82, 2.24) is 0 Å². The molecule has 0 saturated carbocycles. The van der Waals surface area contributed by atoms with Gasteiger partial charge in [-0.15, -0.1) is 0 Å². The molecule has 0 spiro atoms. The van der Waals surface area contributed by atoms with Crippen LogP contribution in [-0.4, -0.2) is 0 Å². The van der Waals surface area contributed by atoms with Gasteiger partial charge in [-0.3, -0.25) is 0 Å². The van der Waals surface area contributed by atoms with E-state index < -0.39 is 0 Å². The zero-order chi connectivity index (χ0) is 7.94. The summed E-state index contributed by atoms with van der Waals surface area (Å²) < 4.78 is 0. The van der Waals surface area contributed by atoms with Gasteiger partial charge in [0.2, 0.25) is 0 Å². The van der Waals surface area contributed by atoms with E-state index in [1.165, 1.54) is 38.5 Å². The number of hydrogen-bond acceptors (Lipinski definition) is 0. The van der Waals surface area contributed by atoms with Gasteiger partial charge in [-0.2, -0.15) is 0 Å². The van der Waals surface area contributed by atoms with Gasteiger partial charge in [0.1, 0.15) is 0 Å². The van der Waals surface area contributed by atoms with Crippen LogP contribution in [0.2, 0.25) is 0 Å².